The van der Waals surface area contributed by atoms with Crippen LogP contribution in [0.2, 0.25) is 0 Å². The maximum atomic E-state index is 4.32. The molecule has 0 amide bonds. The monoisotopic (exact) mass is 259 g/mol. The molecular formula is C16H25N3. The van der Waals surface area contributed by atoms with Crippen LogP contribution in [0.5, 0.6) is 0 Å². The molecule has 1 saturated heterocycles. The van der Waals surface area contributed by atoms with Crippen molar-refractivity contribution in [3.05, 3.63) is 29.6 Å². The molecule has 0 atom stereocenters. The molecule has 104 valence electrons. The Hall–Kier alpha value is -0.930. The number of aromatic nitrogens is 1. The number of rotatable bonds is 2. The zero-order valence-electron chi connectivity index (χ0n) is 12.0. The van der Waals surface area contributed by atoms with Crippen LogP contribution >= 0.6 is 0 Å². The third kappa shape index (κ3) is 3.15. The van der Waals surface area contributed by atoms with Crippen LogP contribution in [0.1, 0.15) is 43.2 Å². The summed E-state index contributed by atoms with van der Waals surface area (Å²) in [5, 5.41) is 3.83. The van der Waals surface area contributed by atoms with Gasteiger partial charge in [0, 0.05) is 31.0 Å². The van der Waals surface area contributed by atoms with E-state index >= 15 is 0 Å². The minimum atomic E-state index is 0.410. The molecule has 1 aromatic rings. The third-order valence-electron chi connectivity index (χ3n) is 4.58. The second-order valence-corrected chi connectivity index (χ2v) is 6.35. The van der Waals surface area contributed by atoms with Crippen LogP contribution < -0.4 is 5.32 Å². The van der Waals surface area contributed by atoms with Crippen LogP contribution in [0.15, 0.2) is 18.5 Å². The quantitative estimate of drug-likeness (QED) is 0.884. The molecule has 3 heteroatoms. The van der Waals surface area contributed by atoms with E-state index in [4.69, 9.17) is 0 Å². The van der Waals surface area contributed by atoms with E-state index in [0.29, 0.717) is 5.54 Å². The Labute approximate surface area is 116 Å². The summed E-state index contributed by atoms with van der Waals surface area (Å²) in [5.74, 6) is 0. The highest BCUT2D eigenvalue weighted by atomic mass is 15.2. The van der Waals surface area contributed by atoms with Crippen molar-refractivity contribution < 1.29 is 0 Å². The van der Waals surface area contributed by atoms with E-state index in [-0.39, 0.29) is 0 Å². The summed E-state index contributed by atoms with van der Waals surface area (Å²) in [6.45, 7) is 6.78. The van der Waals surface area contributed by atoms with Gasteiger partial charge >= 0.3 is 0 Å². The molecule has 1 aliphatic heterocycles. The molecular weight excluding hydrogens is 234 g/mol. The fourth-order valence-corrected chi connectivity index (χ4v) is 3.70. The molecule has 2 aliphatic rings. The van der Waals surface area contributed by atoms with Crippen molar-refractivity contribution in [2.45, 2.75) is 51.1 Å². The number of nitrogens with one attached hydrogen (secondary N) is 1. The van der Waals surface area contributed by atoms with Gasteiger partial charge in [0.2, 0.25) is 0 Å². The standard InChI is InChI=1S/C16H25N3/c1-14-9-15(11-17-10-14)12-19-8-4-7-18-16(13-19)5-2-3-6-16/h9-11,18H,2-8,12-13H2,1H3. The zero-order chi connectivity index (χ0) is 13.1. The van der Waals surface area contributed by atoms with Crippen LogP contribution in [0.3, 0.4) is 0 Å². The molecule has 19 heavy (non-hydrogen) atoms. The van der Waals surface area contributed by atoms with Crippen LogP contribution in [0.4, 0.5) is 0 Å². The van der Waals surface area contributed by atoms with E-state index in [1.807, 2.05) is 12.4 Å². The molecule has 0 aromatic carbocycles. The first kappa shape index (κ1) is 13.1. The largest absolute Gasteiger partial charge is 0.310 e. The first-order chi connectivity index (χ1) is 9.26. The lowest BCUT2D eigenvalue weighted by molar-refractivity contribution is 0.203. The van der Waals surface area contributed by atoms with Gasteiger partial charge in [-0.2, -0.15) is 0 Å². The Bertz CT molecular complexity index is 424. The molecule has 1 saturated carbocycles. The highest BCUT2D eigenvalue weighted by molar-refractivity contribution is 5.16. The molecule has 2 heterocycles. The lowest BCUT2D eigenvalue weighted by Crippen LogP contribution is -2.49. The third-order valence-corrected chi connectivity index (χ3v) is 4.58. The summed E-state index contributed by atoms with van der Waals surface area (Å²) in [4.78, 5) is 6.95. The molecule has 1 aliphatic carbocycles. The van der Waals surface area contributed by atoms with Crippen LogP contribution in [-0.2, 0) is 6.54 Å². The number of hydrogen-bond acceptors (Lipinski definition) is 3. The van der Waals surface area contributed by atoms with E-state index in [2.05, 4.69) is 28.2 Å². The second-order valence-electron chi connectivity index (χ2n) is 6.35. The van der Waals surface area contributed by atoms with Gasteiger partial charge in [0.05, 0.1) is 0 Å². The Morgan fingerprint density at radius 1 is 1.26 bits per heavy atom. The lowest BCUT2D eigenvalue weighted by atomic mass is 9.97. The first-order valence-electron chi connectivity index (χ1n) is 7.64. The molecule has 0 unspecified atom stereocenters. The average molecular weight is 259 g/mol. The average Bonchev–Trinajstić information content (AvgIpc) is 2.73. The highest BCUT2D eigenvalue weighted by Gasteiger charge is 2.36. The molecule has 1 N–H and O–H groups in total. The summed E-state index contributed by atoms with van der Waals surface area (Å²) in [7, 11) is 0. The van der Waals surface area contributed by atoms with Crippen LogP contribution in [0.25, 0.3) is 0 Å². The minimum Gasteiger partial charge on any atom is -0.310 e. The van der Waals surface area contributed by atoms with Gasteiger partial charge in [-0.1, -0.05) is 18.9 Å². The summed E-state index contributed by atoms with van der Waals surface area (Å²) < 4.78 is 0. The van der Waals surface area contributed by atoms with Crippen LogP contribution in [0, 0.1) is 6.92 Å². The van der Waals surface area contributed by atoms with E-state index in [0.717, 1.165) is 6.54 Å². The van der Waals surface area contributed by atoms with E-state index in [1.165, 1.54) is 62.9 Å². The predicted molar refractivity (Wildman–Crippen MR) is 78.1 cm³/mol. The Morgan fingerprint density at radius 3 is 2.89 bits per heavy atom. The van der Waals surface area contributed by atoms with E-state index < -0.39 is 0 Å². The van der Waals surface area contributed by atoms with Gasteiger partial charge in [-0.05, 0) is 50.4 Å². The molecule has 3 rings (SSSR count). The molecule has 0 bridgehead atoms. The Kier molecular flexibility index (Phi) is 3.85. The van der Waals surface area contributed by atoms with Gasteiger partial charge in [-0.25, -0.2) is 0 Å². The normalized spacial score (nSPS) is 23.6. The molecule has 1 aromatic heterocycles. The van der Waals surface area contributed by atoms with Crippen molar-refractivity contribution in [1.82, 2.24) is 15.2 Å². The van der Waals surface area contributed by atoms with Crippen LogP contribution in [-0.4, -0.2) is 35.1 Å². The van der Waals surface area contributed by atoms with Gasteiger partial charge < -0.3 is 5.32 Å². The summed E-state index contributed by atoms with van der Waals surface area (Å²) in [5.41, 5.74) is 3.03. The zero-order valence-corrected chi connectivity index (χ0v) is 12.0. The van der Waals surface area contributed by atoms with Crippen molar-refractivity contribution in [2.24, 2.45) is 0 Å². The summed E-state index contributed by atoms with van der Waals surface area (Å²) >= 11 is 0. The predicted octanol–water partition coefficient (Wildman–Crippen LogP) is 2.50. The lowest BCUT2D eigenvalue weighted by Gasteiger charge is -2.33. The number of nitrogens with zero attached hydrogens (tertiary/aromatic N) is 2. The van der Waals surface area contributed by atoms with Crippen molar-refractivity contribution in [3.8, 4) is 0 Å². The topological polar surface area (TPSA) is 28.2 Å². The molecule has 2 fully saturated rings. The van der Waals surface area contributed by atoms with Crippen molar-refractivity contribution in [1.29, 1.82) is 0 Å². The number of hydrogen-bond donors (Lipinski definition) is 1. The van der Waals surface area contributed by atoms with Crippen molar-refractivity contribution in [3.63, 3.8) is 0 Å². The van der Waals surface area contributed by atoms with Gasteiger partial charge in [0.1, 0.15) is 0 Å². The van der Waals surface area contributed by atoms with E-state index in [1.54, 1.807) is 0 Å². The fourth-order valence-electron chi connectivity index (χ4n) is 3.70. The summed E-state index contributed by atoms with van der Waals surface area (Å²) in [6.07, 6.45) is 10.7. The fraction of sp³-hybridized carbons (Fsp3) is 0.688. The molecule has 1 spiro atoms. The molecule has 0 radical (unpaired) electrons. The smallest absolute Gasteiger partial charge is 0.0313 e. The Morgan fingerprint density at radius 2 is 2.11 bits per heavy atom. The molecule has 3 nitrogen and oxygen atoms in total. The van der Waals surface area contributed by atoms with Gasteiger partial charge in [-0.3, -0.25) is 9.88 Å². The number of aryl methyl sites for hydroxylation is 1. The highest BCUT2D eigenvalue weighted by Crippen LogP contribution is 2.32. The maximum Gasteiger partial charge on any atom is 0.0313 e. The van der Waals surface area contributed by atoms with Gasteiger partial charge in [0.15, 0.2) is 0 Å². The van der Waals surface area contributed by atoms with E-state index in [9.17, 15) is 0 Å². The van der Waals surface area contributed by atoms with Crippen molar-refractivity contribution in [2.75, 3.05) is 19.6 Å². The summed E-state index contributed by atoms with van der Waals surface area (Å²) in [6, 6.07) is 2.27. The van der Waals surface area contributed by atoms with Gasteiger partial charge in [-0.15, -0.1) is 0 Å². The van der Waals surface area contributed by atoms with Crippen molar-refractivity contribution >= 4 is 0 Å². The number of pyridine rings is 1. The maximum absolute atomic E-state index is 4.32. The van der Waals surface area contributed by atoms with Gasteiger partial charge in [0.25, 0.3) is 0 Å². The minimum absolute atomic E-state index is 0.410. The first-order valence-corrected chi connectivity index (χ1v) is 7.64. The SMILES string of the molecule is Cc1cncc(CN2CCCNC3(CCCC3)C2)c1. The second kappa shape index (κ2) is 5.59. The Balaban J connectivity index is 1.69.